The maximum atomic E-state index is 9.55. The molecule has 2 heterocycles. The molecular formula is C18H13ClN2O2S2. The SMILES string of the molecule is COc1ccc(/C=C(/C#N)c2nc(-c3cccs3)cs2)c(Cl)c1OC. The van der Waals surface area contributed by atoms with Gasteiger partial charge in [-0.2, -0.15) is 5.26 Å². The zero-order chi connectivity index (χ0) is 17.8. The average molecular weight is 389 g/mol. The monoisotopic (exact) mass is 388 g/mol. The van der Waals surface area contributed by atoms with Crippen LogP contribution in [0, 0.1) is 11.3 Å². The second-order valence-electron chi connectivity index (χ2n) is 4.89. The Labute approximate surface area is 158 Å². The summed E-state index contributed by atoms with van der Waals surface area (Å²) in [5.74, 6) is 0.978. The maximum absolute atomic E-state index is 9.55. The van der Waals surface area contributed by atoms with Crippen LogP contribution in [0.5, 0.6) is 11.5 Å². The maximum Gasteiger partial charge on any atom is 0.179 e. The molecule has 0 aliphatic rings. The van der Waals surface area contributed by atoms with Crippen LogP contribution in [0.2, 0.25) is 5.02 Å². The molecule has 0 saturated carbocycles. The van der Waals surface area contributed by atoms with Crippen molar-refractivity contribution in [3.8, 4) is 28.1 Å². The second-order valence-corrected chi connectivity index (χ2v) is 7.07. The van der Waals surface area contributed by atoms with Gasteiger partial charge in [0, 0.05) is 5.38 Å². The van der Waals surface area contributed by atoms with Gasteiger partial charge in [0.2, 0.25) is 0 Å². The first-order chi connectivity index (χ1) is 12.2. The standard InChI is InChI=1S/C18H13ClN2O2S2/c1-22-14-6-5-11(16(19)17(14)23-2)8-12(9-20)18-21-13(10-25-18)15-4-3-7-24-15/h3-8,10H,1-2H3/b12-8-. The summed E-state index contributed by atoms with van der Waals surface area (Å²) in [6, 6.07) is 9.72. The van der Waals surface area contributed by atoms with Crippen molar-refractivity contribution in [2.45, 2.75) is 0 Å². The smallest absolute Gasteiger partial charge is 0.179 e. The van der Waals surface area contributed by atoms with E-state index in [1.165, 1.54) is 18.4 Å². The normalized spacial score (nSPS) is 11.2. The highest BCUT2D eigenvalue weighted by Gasteiger charge is 2.14. The van der Waals surface area contributed by atoms with Gasteiger partial charge in [0.15, 0.2) is 11.5 Å². The van der Waals surface area contributed by atoms with Crippen molar-refractivity contribution in [2.24, 2.45) is 0 Å². The van der Waals surface area contributed by atoms with Crippen molar-refractivity contribution < 1.29 is 9.47 Å². The molecule has 3 rings (SSSR count). The topological polar surface area (TPSA) is 55.1 Å². The van der Waals surface area contributed by atoms with Crippen molar-refractivity contribution in [1.82, 2.24) is 4.98 Å². The first-order valence-corrected chi connectivity index (χ1v) is 9.33. The molecule has 0 amide bonds. The average Bonchev–Trinajstić information content (AvgIpc) is 3.31. The molecule has 0 saturated heterocycles. The van der Waals surface area contributed by atoms with Gasteiger partial charge in [0.1, 0.15) is 11.1 Å². The molecule has 3 aromatic rings. The highest BCUT2D eigenvalue weighted by atomic mass is 35.5. The van der Waals surface area contributed by atoms with Crippen LogP contribution in [0.25, 0.3) is 22.2 Å². The van der Waals surface area contributed by atoms with Crippen LogP contribution in [-0.2, 0) is 0 Å². The Morgan fingerprint density at radius 2 is 2.08 bits per heavy atom. The van der Waals surface area contributed by atoms with Gasteiger partial charge in [-0.05, 0) is 35.2 Å². The fourth-order valence-corrected chi connectivity index (χ4v) is 4.08. The summed E-state index contributed by atoms with van der Waals surface area (Å²) in [6.07, 6.45) is 1.71. The Balaban J connectivity index is 2.01. The van der Waals surface area contributed by atoms with E-state index in [2.05, 4.69) is 11.1 Å². The number of allylic oxidation sites excluding steroid dienone is 1. The number of benzene rings is 1. The van der Waals surface area contributed by atoms with Crippen molar-refractivity contribution in [2.75, 3.05) is 14.2 Å². The molecule has 0 aliphatic heterocycles. The minimum absolute atomic E-state index is 0.393. The van der Waals surface area contributed by atoms with E-state index >= 15 is 0 Å². The van der Waals surface area contributed by atoms with E-state index in [1.54, 1.807) is 36.7 Å². The van der Waals surface area contributed by atoms with Crippen molar-refractivity contribution in [3.63, 3.8) is 0 Å². The van der Waals surface area contributed by atoms with Crippen LogP contribution >= 0.6 is 34.3 Å². The molecule has 2 aromatic heterocycles. The van der Waals surface area contributed by atoms with Crippen LogP contribution in [-0.4, -0.2) is 19.2 Å². The predicted molar refractivity (Wildman–Crippen MR) is 103 cm³/mol. The molecule has 0 N–H and O–H groups in total. The summed E-state index contributed by atoms with van der Waals surface area (Å²) in [4.78, 5) is 5.64. The largest absolute Gasteiger partial charge is 0.493 e. The van der Waals surface area contributed by atoms with E-state index in [4.69, 9.17) is 21.1 Å². The lowest BCUT2D eigenvalue weighted by atomic mass is 10.1. The molecule has 1 aromatic carbocycles. The van der Waals surface area contributed by atoms with Crippen molar-refractivity contribution in [3.05, 3.63) is 50.6 Å². The number of methoxy groups -OCH3 is 2. The van der Waals surface area contributed by atoms with Crippen LogP contribution < -0.4 is 9.47 Å². The number of nitriles is 1. The number of halogens is 1. The highest BCUT2D eigenvalue weighted by Crippen LogP contribution is 2.39. The first-order valence-electron chi connectivity index (χ1n) is 7.20. The lowest BCUT2D eigenvalue weighted by molar-refractivity contribution is 0.355. The fraction of sp³-hybridized carbons (Fsp3) is 0.111. The van der Waals surface area contributed by atoms with Gasteiger partial charge in [-0.15, -0.1) is 22.7 Å². The molecule has 7 heteroatoms. The first kappa shape index (κ1) is 17.5. The summed E-state index contributed by atoms with van der Waals surface area (Å²) in [5.41, 5.74) is 1.99. The van der Waals surface area contributed by atoms with Gasteiger partial charge >= 0.3 is 0 Å². The third kappa shape index (κ3) is 3.54. The number of rotatable bonds is 5. The Morgan fingerprint density at radius 1 is 1.24 bits per heavy atom. The summed E-state index contributed by atoms with van der Waals surface area (Å²) in [7, 11) is 3.07. The van der Waals surface area contributed by atoms with E-state index in [0.717, 1.165) is 10.6 Å². The minimum atomic E-state index is 0.393. The van der Waals surface area contributed by atoms with E-state index in [-0.39, 0.29) is 0 Å². The number of nitrogens with zero attached hydrogens (tertiary/aromatic N) is 2. The number of thiazole rings is 1. The van der Waals surface area contributed by atoms with E-state index in [0.29, 0.717) is 32.7 Å². The molecular weight excluding hydrogens is 376 g/mol. The zero-order valence-corrected chi connectivity index (χ0v) is 15.8. The molecule has 0 aliphatic carbocycles. The quantitative estimate of drug-likeness (QED) is 0.533. The van der Waals surface area contributed by atoms with E-state index in [1.807, 2.05) is 22.9 Å². The lowest BCUT2D eigenvalue weighted by Crippen LogP contribution is -1.93. The fourth-order valence-electron chi connectivity index (χ4n) is 2.25. The second kappa shape index (κ2) is 7.70. The van der Waals surface area contributed by atoms with Gasteiger partial charge in [-0.1, -0.05) is 17.7 Å². The summed E-state index contributed by atoms with van der Waals surface area (Å²) >= 11 is 9.44. The Morgan fingerprint density at radius 3 is 2.72 bits per heavy atom. The molecule has 4 nitrogen and oxygen atoms in total. The van der Waals surface area contributed by atoms with Crippen LogP contribution in [0.3, 0.4) is 0 Å². The Hall–Kier alpha value is -2.33. The number of ether oxygens (including phenoxy) is 2. The summed E-state index contributed by atoms with van der Waals surface area (Å²) in [5, 5.41) is 14.5. The predicted octanol–water partition coefficient (Wildman–Crippen LogP) is 5.61. The Kier molecular flexibility index (Phi) is 5.39. The Bertz CT molecular complexity index is 956. The van der Waals surface area contributed by atoms with Crippen LogP contribution in [0.15, 0.2) is 35.0 Å². The van der Waals surface area contributed by atoms with Crippen LogP contribution in [0.4, 0.5) is 0 Å². The lowest BCUT2D eigenvalue weighted by Gasteiger charge is -2.11. The summed E-state index contributed by atoms with van der Waals surface area (Å²) in [6.45, 7) is 0. The number of aromatic nitrogens is 1. The van der Waals surface area contributed by atoms with E-state index in [9.17, 15) is 5.26 Å². The van der Waals surface area contributed by atoms with Gasteiger partial charge < -0.3 is 9.47 Å². The molecule has 0 spiro atoms. The zero-order valence-electron chi connectivity index (χ0n) is 13.4. The molecule has 0 radical (unpaired) electrons. The van der Waals surface area contributed by atoms with Gasteiger partial charge in [0.25, 0.3) is 0 Å². The number of hydrogen-bond acceptors (Lipinski definition) is 6. The molecule has 126 valence electrons. The minimum Gasteiger partial charge on any atom is -0.493 e. The molecule has 25 heavy (non-hydrogen) atoms. The van der Waals surface area contributed by atoms with Gasteiger partial charge in [0.05, 0.1) is 35.4 Å². The van der Waals surface area contributed by atoms with Gasteiger partial charge in [-0.3, -0.25) is 0 Å². The highest BCUT2D eigenvalue weighted by molar-refractivity contribution is 7.14. The third-order valence-electron chi connectivity index (χ3n) is 3.44. The van der Waals surface area contributed by atoms with Crippen LogP contribution in [0.1, 0.15) is 10.6 Å². The van der Waals surface area contributed by atoms with Crippen molar-refractivity contribution >= 4 is 45.9 Å². The molecule has 0 unspecified atom stereocenters. The molecule has 0 atom stereocenters. The summed E-state index contributed by atoms with van der Waals surface area (Å²) < 4.78 is 10.5. The molecule has 0 fully saturated rings. The number of thiophene rings is 1. The number of hydrogen-bond donors (Lipinski definition) is 0. The van der Waals surface area contributed by atoms with E-state index < -0.39 is 0 Å². The third-order valence-corrected chi connectivity index (χ3v) is 5.60. The van der Waals surface area contributed by atoms with Crippen molar-refractivity contribution in [1.29, 1.82) is 5.26 Å². The van der Waals surface area contributed by atoms with Gasteiger partial charge in [-0.25, -0.2) is 4.98 Å². The molecule has 0 bridgehead atoms.